The number of hydrogen-bond donors (Lipinski definition) is 2. The summed E-state index contributed by atoms with van der Waals surface area (Å²) < 4.78 is 75.6. The summed E-state index contributed by atoms with van der Waals surface area (Å²) in [6, 6.07) is 9.85. The lowest BCUT2D eigenvalue weighted by atomic mass is 10.2. The van der Waals surface area contributed by atoms with Crippen molar-refractivity contribution in [1.82, 2.24) is 5.32 Å². The highest BCUT2D eigenvalue weighted by Crippen LogP contribution is 2.32. The van der Waals surface area contributed by atoms with Crippen molar-refractivity contribution in [2.45, 2.75) is 33.0 Å². The van der Waals surface area contributed by atoms with Crippen molar-refractivity contribution in [3.05, 3.63) is 53.6 Å². The molecule has 0 saturated heterocycles. The molecule has 30 heavy (non-hydrogen) atoms. The van der Waals surface area contributed by atoms with Gasteiger partial charge in [-0.25, -0.2) is 4.99 Å². The van der Waals surface area contributed by atoms with Crippen molar-refractivity contribution < 1.29 is 36.2 Å². The van der Waals surface area contributed by atoms with Crippen molar-refractivity contribution in [1.29, 1.82) is 0 Å². The quantitative estimate of drug-likeness (QED) is 0.352. The van der Waals surface area contributed by atoms with Gasteiger partial charge in [-0.15, -0.1) is 13.2 Å². The Kier molecular flexibility index (Phi) is 8.07. The molecule has 164 valence electrons. The minimum atomic E-state index is -4.76. The van der Waals surface area contributed by atoms with Crippen LogP contribution in [0.25, 0.3) is 0 Å². The average molecular weight is 433 g/mol. The van der Waals surface area contributed by atoms with E-state index >= 15 is 0 Å². The van der Waals surface area contributed by atoms with E-state index in [2.05, 4.69) is 19.8 Å². The number of halogens is 5. The molecule has 3 N–H and O–H groups in total. The molecule has 0 unspecified atom stereocenters. The Labute approximate surface area is 169 Å². The van der Waals surface area contributed by atoms with Crippen molar-refractivity contribution in [3.8, 4) is 17.2 Å². The maximum absolute atomic E-state index is 12.7. The number of nitrogens with one attached hydrogen (secondary N) is 1. The van der Waals surface area contributed by atoms with Crippen LogP contribution in [0.1, 0.15) is 18.1 Å². The van der Waals surface area contributed by atoms with Gasteiger partial charge in [-0.05, 0) is 30.7 Å². The lowest BCUT2D eigenvalue weighted by Crippen LogP contribution is -2.31. The summed E-state index contributed by atoms with van der Waals surface area (Å²) in [5.74, 6) is -0.263. The molecule has 0 heterocycles. The van der Waals surface area contributed by atoms with Gasteiger partial charge in [0.25, 0.3) is 0 Å². The molecule has 0 atom stereocenters. The highest BCUT2D eigenvalue weighted by atomic mass is 19.4. The zero-order chi connectivity index (χ0) is 22.1. The van der Waals surface area contributed by atoms with E-state index in [1.54, 1.807) is 19.1 Å². The fraction of sp³-hybridized carbons (Fsp3) is 0.316. The van der Waals surface area contributed by atoms with Gasteiger partial charge in [0.05, 0.1) is 13.2 Å². The number of ether oxygens (including phenoxy) is 3. The Bertz CT molecular complexity index is 842. The normalized spacial score (nSPS) is 12.0. The van der Waals surface area contributed by atoms with Gasteiger partial charge >= 0.3 is 13.0 Å². The lowest BCUT2D eigenvalue weighted by molar-refractivity contribution is -0.274. The first-order valence-electron chi connectivity index (χ1n) is 8.76. The SMILES string of the molecule is CCOc1cccc(CNC(N)=NCc2ccc(OC(F)(F)F)cc2)c1OC(F)F. The second-order valence-corrected chi connectivity index (χ2v) is 5.80. The Morgan fingerprint density at radius 3 is 2.43 bits per heavy atom. The fourth-order valence-corrected chi connectivity index (χ4v) is 2.41. The van der Waals surface area contributed by atoms with E-state index in [9.17, 15) is 22.0 Å². The molecular weight excluding hydrogens is 413 g/mol. The summed E-state index contributed by atoms with van der Waals surface area (Å²) >= 11 is 0. The van der Waals surface area contributed by atoms with Crippen LogP contribution in [0.15, 0.2) is 47.5 Å². The molecule has 2 rings (SSSR count). The zero-order valence-corrected chi connectivity index (χ0v) is 15.9. The number of nitrogens with zero attached hydrogens (tertiary/aromatic N) is 1. The summed E-state index contributed by atoms with van der Waals surface area (Å²) in [4.78, 5) is 4.06. The predicted octanol–water partition coefficient (Wildman–Crippen LogP) is 4.19. The molecule has 11 heteroatoms. The van der Waals surface area contributed by atoms with Crippen LogP contribution in [0.4, 0.5) is 22.0 Å². The third-order valence-electron chi connectivity index (χ3n) is 3.62. The number of rotatable bonds is 9. The molecule has 0 spiro atoms. The topological polar surface area (TPSA) is 78.1 Å². The first kappa shape index (κ1) is 23.0. The number of para-hydroxylation sites is 1. The fourth-order valence-electron chi connectivity index (χ4n) is 2.41. The summed E-state index contributed by atoms with van der Waals surface area (Å²) in [6.07, 6.45) is -4.76. The zero-order valence-electron chi connectivity index (χ0n) is 15.9. The third kappa shape index (κ3) is 7.64. The van der Waals surface area contributed by atoms with Crippen LogP contribution >= 0.6 is 0 Å². The number of nitrogens with two attached hydrogens (primary N) is 1. The number of aliphatic imine (C=N–C) groups is 1. The van der Waals surface area contributed by atoms with E-state index in [1.807, 2.05) is 0 Å². The van der Waals surface area contributed by atoms with Crippen LogP contribution in [-0.2, 0) is 13.1 Å². The van der Waals surface area contributed by atoms with Gasteiger partial charge in [0.1, 0.15) is 5.75 Å². The maximum atomic E-state index is 12.7. The van der Waals surface area contributed by atoms with Crippen LogP contribution in [0.2, 0.25) is 0 Å². The standard InChI is InChI=1S/C19H20F5N3O3/c1-2-28-15-5-3-4-13(16(15)29-17(20)21)11-27-18(25)26-10-12-6-8-14(9-7-12)30-19(22,23)24/h3-9,17H,2,10-11H2,1H3,(H3,25,26,27). The molecule has 0 radical (unpaired) electrons. The second-order valence-electron chi connectivity index (χ2n) is 5.80. The molecule has 6 nitrogen and oxygen atoms in total. The summed E-state index contributed by atoms with van der Waals surface area (Å²) in [6.45, 7) is -0.918. The monoisotopic (exact) mass is 433 g/mol. The van der Waals surface area contributed by atoms with Gasteiger partial charge in [0, 0.05) is 12.1 Å². The Balaban J connectivity index is 1.99. The highest BCUT2D eigenvalue weighted by Gasteiger charge is 2.30. The molecule has 2 aromatic rings. The van der Waals surface area contributed by atoms with Crippen LogP contribution in [0, 0.1) is 0 Å². The van der Waals surface area contributed by atoms with E-state index in [-0.39, 0.29) is 42.9 Å². The Hall–Kier alpha value is -3.24. The van der Waals surface area contributed by atoms with E-state index in [0.29, 0.717) is 11.1 Å². The molecule has 0 amide bonds. The molecule has 0 aliphatic heterocycles. The van der Waals surface area contributed by atoms with Crippen molar-refractivity contribution in [3.63, 3.8) is 0 Å². The van der Waals surface area contributed by atoms with Gasteiger partial charge < -0.3 is 25.3 Å². The van der Waals surface area contributed by atoms with Crippen LogP contribution < -0.4 is 25.3 Å². The van der Waals surface area contributed by atoms with E-state index < -0.39 is 13.0 Å². The summed E-state index contributed by atoms with van der Waals surface area (Å²) in [7, 11) is 0. The summed E-state index contributed by atoms with van der Waals surface area (Å²) in [5, 5.41) is 2.77. The smallest absolute Gasteiger partial charge is 0.490 e. The Morgan fingerprint density at radius 2 is 1.83 bits per heavy atom. The van der Waals surface area contributed by atoms with Crippen LogP contribution in [0.3, 0.4) is 0 Å². The highest BCUT2D eigenvalue weighted by molar-refractivity contribution is 5.77. The minimum absolute atomic E-state index is 0.00966. The molecular formula is C19H20F5N3O3. The van der Waals surface area contributed by atoms with Crippen LogP contribution in [0.5, 0.6) is 17.2 Å². The third-order valence-corrected chi connectivity index (χ3v) is 3.62. The maximum Gasteiger partial charge on any atom is 0.573 e. The second kappa shape index (κ2) is 10.5. The van der Waals surface area contributed by atoms with Gasteiger partial charge in [-0.1, -0.05) is 24.3 Å². The van der Waals surface area contributed by atoms with Crippen molar-refractivity contribution in [2.75, 3.05) is 6.61 Å². The summed E-state index contributed by atoms with van der Waals surface area (Å²) in [5.41, 5.74) is 6.75. The molecule has 0 bridgehead atoms. The lowest BCUT2D eigenvalue weighted by Gasteiger charge is -2.16. The van der Waals surface area contributed by atoms with Gasteiger partial charge in [-0.3, -0.25) is 0 Å². The first-order chi connectivity index (χ1) is 14.2. The number of hydrogen-bond acceptors (Lipinski definition) is 4. The van der Waals surface area contributed by atoms with E-state index in [4.69, 9.17) is 10.5 Å². The van der Waals surface area contributed by atoms with Gasteiger partial charge in [0.2, 0.25) is 0 Å². The van der Waals surface area contributed by atoms with E-state index in [0.717, 1.165) is 12.1 Å². The Morgan fingerprint density at radius 1 is 1.13 bits per heavy atom. The first-order valence-corrected chi connectivity index (χ1v) is 8.76. The van der Waals surface area contributed by atoms with E-state index in [1.165, 1.54) is 18.2 Å². The number of benzene rings is 2. The number of guanidine groups is 1. The largest absolute Gasteiger partial charge is 0.573 e. The minimum Gasteiger partial charge on any atom is -0.490 e. The molecule has 0 aromatic heterocycles. The predicted molar refractivity (Wildman–Crippen MR) is 99.5 cm³/mol. The average Bonchev–Trinajstić information content (AvgIpc) is 2.66. The van der Waals surface area contributed by atoms with Gasteiger partial charge in [-0.2, -0.15) is 8.78 Å². The molecule has 0 fully saturated rings. The van der Waals surface area contributed by atoms with Crippen LogP contribution in [-0.4, -0.2) is 25.5 Å². The van der Waals surface area contributed by atoms with Gasteiger partial charge in [0.15, 0.2) is 17.5 Å². The number of alkyl halides is 5. The molecule has 0 aliphatic carbocycles. The van der Waals surface area contributed by atoms with Crippen molar-refractivity contribution >= 4 is 5.96 Å². The molecule has 0 saturated carbocycles. The molecule has 0 aliphatic rings. The van der Waals surface area contributed by atoms with Crippen molar-refractivity contribution in [2.24, 2.45) is 10.7 Å². The molecule has 2 aromatic carbocycles.